The van der Waals surface area contributed by atoms with E-state index < -0.39 is 91.0 Å². The normalized spacial score (nSPS) is 29.4. The van der Waals surface area contributed by atoms with Crippen molar-refractivity contribution in [3.05, 3.63) is 168 Å². The molecular weight excluding hydrogens is 1020 g/mol. The summed E-state index contributed by atoms with van der Waals surface area (Å²) in [6, 6.07) is 46.9. The molecule has 15 heteroatoms. The molecule has 80 heavy (non-hydrogen) atoms. The van der Waals surface area contributed by atoms with E-state index in [1.165, 1.54) is 14.0 Å². The number of hydrogen-bond acceptors (Lipinski definition) is 15. The zero-order chi connectivity index (χ0) is 56.6. The highest BCUT2D eigenvalue weighted by molar-refractivity contribution is 5.78. The minimum Gasteiger partial charge on any atom is -0.497 e. The molecule has 0 bridgehead atoms. The van der Waals surface area contributed by atoms with E-state index in [4.69, 9.17) is 61.6 Å². The van der Waals surface area contributed by atoms with Crippen LogP contribution >= 0.6 is 0 Å². The molecule has 0 N–H and O–H groups in total. The molecule has 16 atom stereocenters. The predicted molar refractivity (Wildman–Crippen MR) is 299 cm³/mol. The summed E-state index contributed by atoms with van der Waals surface area (Å²) < 4.78 is 86.9. The fourth-order valence-corrected chi connectivity index (χ4v) is 11.2. The van der Waals surface area contributed by atoms with E-state index in [0.29, 0.717) is 31.1 Å². The van der Waals surface area contributed by atoms with E-state index in [-0.39, 0.29) is 50.6 Å². The van der Waals surface area contributed by atoms with Crippen molar-refractivity contribution in [2.45, 2.75) is 155 Å². The first-order valence-electron chi connectivity index (χ1n) is 28.2. The molecule has 8 rings (SSSR count). The van der Waals surface area contributed by atoms with Gasteiger partial charge in [-0.15, -0.1) is 0 Å². The Bertz CT molecular complexity index is 2610. The largest absolute Gasteiger partial charge is 0.497 e. The second-order valence-electron chi connectivity index (χ2n) is 21.6. The number of ether oxygens (including phenoxy) is 13. The Balaban J connectivity index is 1.20. The van der Waals surface area contributed by atoms with Crippen LogP contribution in [0.25, 0.3) is 0 Å². The molecule has 0 saturated carbocycles. The van der Waals surface area contributed by atoms with Gasteiger partial charge in [-0.3, -0.25) is 4.79 Å². The topological polar surface area (TPSA) is 154 Å². The fraction of sp³-hybridized carbons (Fsp3) is 0.508. The molecule has 15 nitrogen and oxygen atoms in total. The Morgan fingerprint density at radius 2 is 1.09 bits per heavy atom. The van der Waals surface area contributed by atoms with Crippen LogP contribution in [-0.2, 0) is 88.1 Å². The Morgan fingerprint density at radius 3 is 1.60 bits per heavy atom. The van der Waals surface area contributed by atoms with Gasteiger partial charge in [0.2, 0.25) is 6.29 Å². The van der Waals surface area contributed by atoms with Crippen LogP contribution in [0.15, 0.2) is 146 Å². The highest BCUT2D eigenvalue weighted by Crippen LogP contribution is 2.46. The third kappa shape index (κ3) is 15.6. The number of carbonyl (C=O) groups excluding carboxylic acids is 2. The first-order valence-corrected chi connectivity index (χ1v) is 28.2. The zero-order valence-electron chi connectivity index (χ0n) is 47.8. The van der Waals surface area contributed by atoms with Crippen LogP contribution < -0.4 is 9.47 Å². The first-order chi connectivity index (χ1) is 38.8. The van der Waals surface area contributed by atoms with Gasteiger partial charge in [0.1, 0.15) is 35.9 Å². The van der Waals surface area contributed by atoms with Crippen LogP contribution in [0.2, 0.25) is 0 Å². The predicted octanol–water partition coefficient (Wildman–Crippen LogP) is 11.1. The lowest BCUT2D eigenvalue weighted by Gasteiger charge is -2.53. The Kier molecular flexibility index (Phi) is 22.1. The molecular formula is C65H82O15. The summed E-state index contributed by atoms with van der Waals surface area (Å²) in [5, 5.41) is 0. The Morgan fingerprint density at radius 1 is 0.588 bits per heavy atom. The summed E-state index contributed by atoms with van der Waals surface area (Å²) in [5.74, 6) is -3.24. The van der Waals surface area contributed by atoms with Gasteiger partial charge in [-0.05, 0) is 64.8 Å². The molecule has 5 aromatic carbocycles. The van der Waals surface area contributed by atoms with Crippen LogP contribution in [0.3, 0.4) is 0 Å². The van der Waals surface area contributed by atoms with Crippen molar-refractivity contribution in [2.75, 3.05) is 27.4 Å². The molecule has 0 aliphatic carbocycles. The van der Waals surface area contributed by atoms with Crippen molar-refractivity contribution in [3.8, 4) is 11.5 Å². The average molecular weight is 1100 g/mol. The van der Waals surface area contributed by atoms with Crippen molar-refractivity contribution in [1.29, 1.82) is 0 Å². The molecule has 0 radical (unpaired) electrons. The summed E-state index contributed by atoms with van der Waals surface area (Å²) in [7, 11) is 2.95. The van der Waals surface area contributed by atoms with Gasteiger partial charge in [0.15, 0.2) is 6.29 Å². The molecule has 5 aromatic rings. The van der Waals surface area contributed by atoms with E-state index >= 15 is 0 Å². The molecule has 3 aliphatic rings. The molecule has 3 heterocycles. The van der Waals surface area contributed by atoms with Gasteiger partial charge in [0.25, 0.3) is 5.79 Å². The van der Waals surface area contributed by atoms with E-state index in [9.17, 15) is 9.59 Å². The van der Waals surface area contributed by atoms with E-state index in [0.717, 1.165) is 22.3 Å². The Labute approximate surface area is 472 Å². The van der Waals surface area contributed by atoms with Crippen molar-refractivity contribution >= 4 is 11.9 Å². The van der Waals surface area contributed by atoms with Crippen LogP contribution in [0.1, 0.15) is 83.6 Å². The molecule has 0 spiro atoms. The van der Waals surface area contributed by atoms with Gasteiger partial charge in [0, 0.05) is 31.1 Å². The van der Waals surface area contributed by atoms with E-state index in [1.54, 1.807) is 7.11 Å². The maximum atomic E-state index is 14.7. The molecule has 6 unspecified atom stereocenters. The fourth-order valence-electron chi connectivity index (χ4n) is 11.2. The van der Waals surface area contributed by atoms with Crippen molar-refractivity contribution in [2.24, 2.45) is 29.6 Å². The number of methoxy groups -OCH3 is 2. The minimum absolute atomic E-state index is 0.0631. The third-order valence-corrected chi connectivity index (χ3v) is 15.9. The van der Waals surface area contributed by atoms with E-state index in [2.05, 4.69) is 20.8 Å². The van der Waals surface area contributed by atoms with E-state index in [1.807, 2.05) is 166 Å². The molecule has 0 amide bonds. The summed E-state index contributed by atoms with van der Waals surface area (Å²) in [5.41, 5.74) is 3.84. The summed E-state index contributed by atoms with van der Waals surface area (Å²) in [4.78, 5) is 27.2. The van der Waals surface area contributed by atoms with Gasteiger partial charge in [-0.2, -0.15) is 0 Å². The first kappa shape index (κ1) is 60.4. The Hall–Kier alpha value is -5.72. The van der Waals surface area contributed by atoms with Gasteiger partial charge in [0.05, 0.1) is 78.3 Å². The second-order valence-corrected chi connectivity index (χ2v) is 21.6. The summed E-state index contributed by atoms with van der Waals surface area (Å²) in [6.07, 6.45) is -7.34. The molecule has 432 valence electrons. The SMILES string of the molecule is CC[C@@H](OC(C)=O)[C@@H](C)[C@@H]1O[C@@](O[C@@H]2C(OCc3ccccc3)[C@H](O[C@@H]3C(COCc4ccccc4)O[C@@H](Oc4ccc(OC)cc4)C(OCc4ccccc4)C3C)OC(COCc3ccccc3)[C@@H]2C)(C(=O)OC)CC(C)[C@H]1C. The molecule has 3 saturated heterocycles. The smallest absolute Gasteiger partial charge is 0.366 e. The minimum atomic E-state index is -1.93. The van der Waals surface area contributed by atoms with Gasteiger partial charge in [-0.1, -0.05) is 163 Å². The summed E-state index contributed by atoms with van der Waals surface area (Å²) in [6.45, 7) is 14.8. The lowest BCUT2D eigenvalue weighted by atomic mass is 9.76. The highest BCUT2D eigenvalue weighted by atomic mass is 16.8. The standard InChI is InChI=1S/C65H82O15/c1-10-54(74-47(7)66)44(4)57-43(3)42(2)35-65(79-57,64(67)69-9)80-59-45(5)55(40-70-36-48-23-15-11-16-24-48)76-63(61(59)73-39-51-29-21-14-22-30-51)78-58-46(6)60(72-38-50-27-19-13-20-28-50)62(75-53-33-31-52(68-8)32-34-53)77-56(58)41-71-37-49-25-17-12-18-26-49/h11-34,42-46,54-63H,10,35-41H2,1-9H3/t42?,43-,44-,45+,46?,54-,55?,56?,57-,58+,59+,60?,61?,62-,63+,65+/m1/s1. The number of rotatable bonds is 26. The number of hydrogen-bond donors (Lipinski definition) is 0. The molecule has 3 fully saturated rings. The van der Waals surface area contributed by atoms with Crippen LogP contribution in [0.4, 0.5) is 0 Å². The third-order valence-electron chi connectivity index (χ3n) is 15.9. The van der Waals surface area contributed by atoms with Crippen LogP contribution in [0, 0.1) is 29.6 Å². The quantitative estimate of drug-likeness (QED) is 0.0482. The summed E-state index contributed by atoms with van der Waals surface area (Å²) >= 11 is 0. The highest BCUT2D eigenvalue weighted by Gasteiger charge is 2.59. The van der Waals surface area contributed by atoms with Crippen molar-refractivity contribution < 1.29 is 71.2 Å². The van der Waals surface area contributed by atoms with Gasteiger partial charge >= 0.3 is 11.9 Å². The van der Waals surface area contributed by atoms with Crippen LogP contribution in [0.5, 0.6) is 11.5 Å². The second kappa shape index (κ2) is 29.3. The van der Waals surface area contributed by atoms with Gasteiger partial charge in [-0.25, -0.2) is 4.79 Å². The van der Waals surface area contributed by atoms with Crippen LogP contribution in [-0.4, -0.2) is 107 Å². The lowest BCUT2D eigenvalue weighted by molar-refractivity contribution is -0.382. The monoisotopic (exact) mass is 1100 g/mol. The van der Waals surface area contributed by atoms with Crippen molar-refractivity contribution in [3.63, 3.8) is 0 Å². The zero-order valence-corrected chi connectivity index (χ0v) is 47.8. The lowest BCUT2D eigenvalue weighted by Crippen LogP contribution is -2.65. The van der Waals surface area contributed by atoms with Gasteiger partial charge < -0.3 is 61.6 Å². The average Bonchev–Trinajstić information content (AvgIpc) is 3.49. The molecule has 3 aliphatic heterocycles. The number of benzene rings is 5. The molecule has 0 aromatic heterocycles. The number of esters is 2. The number of carbonyl (C=O) groups is 2. The maximum Gasteiger partial charge on any atom is 0.366 e. The van der Waals surface area contributed by atoms with Crippen molar-refractivity contribution in [1.82, 2.24) is 0 Å². The maximum absolute atomic E-state index is 14.7.